The summed E-state index contributed by atoms with van der Waals surface area (Å²) in [6.07, 6.45) is 2.19. The molecule has 1 aliphatic heterocycles. The summed E-state index contributed by atoms with van der Waals surface area (Å²) in [6.45, 7) is 0.636. The normalized spacial score (nSPS) is 13.3. The minimum Gasteiger partial charge on any atom is -0.377 e. The summed E-state index contributed by atoms with van der Waals surface area (Å²) in [5.41, 5.74) is 2.62. The fourth-order valence-electron chi connectivity index (χ4n) is 1.89. The van der Waals surface area contributed by atoms with Crippen molar-refractivity contribution in [2.75, 3.05) is 10.6 Å². The first kappa shape index (κ1) is 11.5. The molecule has 0 aliphatic carbocycles. The van der Waals surface area contributed by atoms with E-state index in [1.807, 2.05) is 11.4 Å². The lowest BCUT2D eigenvalue weighted by molar-refractivity contribution is -0.115. The van der Waals surface area contributed by atoms with Crippen LogP contribution in [0.5, 0.6) is 0 Å². The lowest BCUT2D eigenvalue weighted by Crippen LogP contribution is -2.03. The van der Waals surface area contributed by atoms with Gasteiger partial charge in [-0.05, 0) is 17.7 Å². The van der Waals surface area contributed by atoms with Crippen molar-refractivity contribution >= 4 is 40.2 Å². The molecular weight excluding hydrogens is 270 g/mol. The molecule has 1 aromatic carbocycles. The predicted octanol–water partition coefficient (Wildman–Crippen LogP) is 2.90. The predicted molar refractivity (Wildman–Crippen MR) is 73.2 cm³/mol. The first-order chi connectivity index (χ1) is 8.72. The maximum absolute atomic E-state index is 11.3. The van der Waals surface area contributed by atoms with Crippen molar-refractivity contribution in [3.05, 3.63) is 39.3 Å². The van der Waals surface area contributed by atoms with E-state index >= 15 is 0 Å². The molecule has 18 heavy (non-hydrogen) atoms. The van der Waals surface area contributed by atoms with Crippen LogP contribution < -0.4 is 10.6 Å². The Hall–Kier alpha value is -1.59. The molecule has 0 saturated heterocycles. The van der Waals surface area contributed by atoms with Crippen LogP contribution in [0.1, 0.15) is 10.6 Å². The number of hydrogen-bond donors (Lipinski definition) is 2. The van der Waals surface area contributed by atoms with Crippen molar-refractivity contribution < 1.29 is 4.79 Å². The van der Waals surface area contributed by atoms with Crippen molar-refractivity contribution in [1.29, 1.82) is 0 Å². The Balaban J connectivity index is 1.80. The van der Waals surface area contributed by atoms with Gasteiger partial charge in [0.05, 0.1) is 23.7 Å². The van der Waals surface area contributed by atoms with Gasteiger partial charge in [-0.3, -0.25) is 4.79 Å². The van der Waals surface area contributed by atoms with E-state index in [1.165, 1.54) is 0 Å². The van der Waals surface area contributed by atoms with Crippen LogP contribution >= 0.6 is 22.9 Å². The Morgan fingerprint density at radius 3 is 3.17 bits per heavy atom. The summed E-state index contributed by atoms with van der Waals surface area (Å²) < 4.78 is 0. The molecule has 0 radical (unpaired) electrons. The molecule has 2 aromatic rings. The molecule has 1 amide bonds. The molecule has 0 bridgehead atoms. The van der Waals surface area contributed by atoms with Gasteiger partial charge in [-0.2, -0.15) is 0 Å². The second-order valence-electron chi connectivity index (χ2n) is 3.99. The number of thiazole rings is 1. The first-order valence-corrected chi connectivity index (χ1v) is 6.72. The number of rotatable bonds is 3. The van der Waals surface area contributed by atoms with Crippen LogP contribution in [0.25, 0.3) is 0 Å². The fraction of sp³-hybridized carbons (Fsp3) is 0.167. The third-order valence-corrected chi connectivity index (χ3v) is 3.82. The standard InChI is InChI=1S/C12H10ClN3OS/c13-8-5-9-7(4-11(17)16-9)3-10(8)15-6-12-14-1-2-18-12/h1-3,5,15H,4,6H2,(H,16,17). The van der Waals surface area contributed by atoms with Crippen LogP contribution in [-0.4, -0.2) is 10.9 Å². The van der Waals surface area contributed by atoms with E-state index in [0.29, 0.717) is 18.0 Å². The fourth-order valence-corrected chi connectivity index (χ4v) is 2.68. The number of aromatic nitrogens is 1. The van der Waals surface area contributed by atoms with Crippen LogP contribution in [0.3, 0.4) is 0 Å². The minimum atomic E-state index is 0.0122. The van der Waals surface area contributed by atoms with Crippen molar-refractivity contribution in [1.82, 2.24) is 4.98 Å². The number of halogens is 1. The number of amides is 1. The molecule has 0 unspecified atom stereocenters. The van der Waals surface area contributed by atoms with Crippen molar-refractivity contribution in [2.45, 2.75) is 13.0 Å². The van der Waals surface area contributed by atoms with Gasteiger partial charge < -0.3 is 10.6 Å². The average Bonchev–Trinajstić information content (AvgIpc) is 2.94. The quantitative estimate of drug-likeness (QED) is 0.908. The first-order valence-electron chi connectivity index (χ1n) is 5.47. The van der Waals surface area contributed by atoms with E-state index in [9.17, 15) is 4.79 Å². The molecule has 6 heteroatoms. The third-order valence-electron chi connectivity index (χ3n) is 2.73. The Morgan fingerprint density at radius 2 is 2.39 bits per heavy atom. The van der Waals surface area contributed by atoms with Crippen molar-refractivity contribution in [2.24, 2.45) is 0 Å². The SMILES string of the molecule is O=C1Cc2cc(NCc3nccs3)c(Cl)cc2N1. The second kappa shape index (κ2) is 4.59. The molecule has 4 nitrogen and oxygen atoms in total. The Labute approximate surface area is 113 Å². The van der Waals surface area contributed by atoms with Crippen molar-refractivity contribution in [3.63, 3.8) is 0 Å². The lowest BCUT2D eigenvalue weighted by Gasteiger charge is -2.09. The number of carbonyl (C=O) groups excluding carboxylic acids is 1. The van der Waals surface area contributed by atoms with E-state index in [-0.39, 0.29) is 5.91 Å². The van der Waals surface area contributed by atoms with E-state index in [4.69, 9.17) is 11.6 Å². The van der Waals surface area contributed by atoms with Crippen LogP contribution in [-0.2, 0) is 17.8 Å². The van der Waals surface area contributed by atoms with Gasteiger partial charge in [0.25, 0.3) is 0 Å². The van der Waals surface area contributed by atoms with Crippen LogP contribution in [0, 0.1) is 0 Å². The molecule has 2 N–H and O–H groups in total. The molecular formula is C12H10ClN3OS. The summed E-state index contributed by atoms with van der Waals surface area (Å²) >= 11 is 7.76. The highest BCUT2D eigenvalue weighted by molar-refractivity contribution is 7.09. The zero-order chi connectivity index (χ0) is 12.5. The number of carbonyl (C=O) groups is 1. The van der Waals surface area contributed by atoms with Gasteiger partial charge >= 0.3 is 0 Å². The summed E-state index contributed by atoms with van der Waals surface area (Å²) in [4.78, 5) is 15.5. The van der Waals surface area contributed by atoms with Crippen LogP contribution in [0.4, 0.5) is 11.4 Å². The molecule has 92 valence electrons. The Morgan fingerprint density at radius 1 is 1.50 bits per heavy atom. The van der Waals surface area contributed by atoms with E-state index < -0.39 is 0 Å². The van der Waals surface area contributed by atoms with Gasteiger partial charge in [0.15, 0.2) is 0 Å². The maximum atomic E-state index is 11.3. The molecule has 1 aromatic heterocycles. The molecule has 3 rings (SSSR count). The zero-order valence-corrected chi connectivity index (χ0v) is 10.9. The van der Waals surface area contributed by atoms with Crippen molar-refractivity contribution in [3.8, 4) is 0 Å². The number of benzene rings is 1. The van der Waals surface area contributed by atoms with Gasteiger partial charge in [-0.1, -0.05) is 11.6 Å². The molecule has 0 spiro atoms. The highest BCUT2D eigenvalue weighted by Crippen LogP contribution is 2.33. The number of nitrogens with zero attached hydrogens (tertiary/aromatic N) is 1. The maximum Gasteiger partial charge on any atom is 0.228 e. The summed E-state index contributed by atoms with van der Waals surface area (Å²) in [5, 5.41) is 9.55. The Bertz CT molecular complexity index is 598. The van der Waals surface area contributed by atoms with E-state index in [1.54, 1.807) is 23.6 Å². The number of fused-ring (bicyclic) bond motifs is 1. The van der Waals surface area contributed by atoms with Gasteiger partial charge in [-0.25, -0.2) is 4.98 Å². The summed E-state index contributed by atoms with van der Waals surface area (Å²) in [6, 6.07) is 3.70. The van der Waals surface area contributed by atoms with E-state index in [2.05, 4.69) is 15.6 Å². The van der Waals surface area contributed by atoms with Gasteiger partial charge in [0.1, 0.15) is 5.01 Å². The number of nitrogens with one attached hydrogen (secondary N) is 2. The van der Waals surface area contributed by atoms with E-state index in [0.717, 1.165) is 21.9 Å². The molecule has 0 atom stereocenters. The third kappa shape index (κ3) is 2.19. The minimum absolute atomic E-state index is 0.0122. The van der Waals surface area contributed by atoms with Gasteiger partial charge in [0.2, 0.25) is 5.91 Å². The monoisotopic (exact) mass is 279 g/mol. The topological polar surface area (TPSA) is 54.0 Å². The summed E-state index contributed by atoms with van der Waals surface area (Å²) in [7, 11) is 0. The Kier molecular flexibility index (Phi) is 2.93. The van der Waals surface area contributed by atoms with Gasteiger partial charge in [0, 0.05) is 17.3 Å². The highest BCUT2D eigenvalue weighted by atomic mass is 35.5. The molecule has 0 fully saturated rings. The molecule has 1 aliphatic rings. The summed E-state index contributed by atoms with van der Waals surface area (Å²) in [5.74, 6) is 0.0122. The van der Waals surface area contributed by atoms with Gasteiger partial charge in [-0.15, -0.1) is 11.3 Å². The van der Waals surface area contributed by atoms with Crippen LogP contribution in [0.2, 0.25) is 5.02 Å². The smallest absolute Gasteiger partial charge is 0.228 e. The zero-order valence-electron chi connectivity index (χ0n) is 9.37. The highest BCUT2D eigenvalue weighted by Gasteiger charge is 2.19. The molecule has 0 saturated carbocycles. The second-order valence-corrected chi connectivity index (χ2v) is 5.38. The average molecular weight is 280 g/mol. The lowest BCUT2D eigenvalue weighted by atomic mass is 10.1. The largest absolute Gasteiger partial charge is 0.377 e. The molecule has 2 heterocycles. The van der Waals surface area contributed by atoms with Crippen LogP contribution in [0.15, 0.2) is 23.7 Å². The number of hydrogen-bond acceptors (Lipinski definition) is 4. The number of anilines is 2.